The van der Waals surface area contributed by atoms with Crippen LogP contribution in [0.25, 0.3) is 0 Å². The quantitative estimate of drug-likeness (QED) is 0.0321. The Bertz CT molecular complexity index is 1770. The molecule has 0 saturated carbocycles. The topological polar surface area (TPSA) is 388 Å². The number of aliphatic carboxylic acids is 2. The van der Waals surface area contributed by atoms with E-state index in [9.17, 15) is 63.3 Å². The fourth-order valence-electron chi connectivity index (χ4n) is 6.49. The molecule has 12 N–H and O–H groups in total. The van der Waals surface area contributed by atoms with Gasteiger partial charge in [0.2, 0.25) is 23.6 Å². The molecule has 67 heavy (non-hydrogen) atoms. The van der Waals surface area contributed by atoms with Crippen molar-refractivity contribution in [2.24, 2.45) is 28.7 Å². The predicted molar refractivity (Wildman–Crippen MR) is 237 cm³/mol. The number of aliphatic hydroxyl groups is 1. The molecule has 0 radical (unpaired) electrons. The highest BCUT2D eigenvalue weighted by Gasteiger charge is 2.34. The summed E-state index contributed by atoms with van der Waals surface area (Å²) in [5, 5.41) is 39.4. The summed E-state index contributed by atoms with van der Waals surface area (Å²) >= 11 is 0. The number of imidazole rings is 1. The number of primary amides is 1. The molecular formula is C43H70N8O16. The molecule has 1 rings (SSSR count). The number of hydrogen-bond acceptors (Lipinski definition) is 17. The van der Waals surface area contributed by atoms with Gasteiger partial charge in [-0.15, -0.1) is 0 Å². The van der Waals surface area contributed by atoms with Crippen LogP contribution in [0.5, 0.6) is 0 Å². The molecule has 0 spiro atoms. The third kappa shape index (κ3) is 25.8. The molecule has 6 atom stereocenters. The number of methoxy groups -OCH3 is 1. The van der Waals surface area contributed by atoms with E-state index >= 15 is 0 Å². The second-order valence-electron chi connectivity index (χ2n) is 16.8. The zero-order chi connectivity index (χ0) is 50.5. The van der Waals surface area contributed by atoms with Crippen LogP contribution in [0.1, 0.15) is 90.7 Å². The van der Waals surface area contributed by atoms with Gasteiger partial charge < -0.3 is 61.9 Å². The number of nitrogens with zero attached hydrogens (tertiary/aromatic N) is 1. The van der Waals surface area contributed by atoms with Crippen LogP contribution >= 0.6 is 0 Å². The number of rotatable bonds is 40. The van der Waals surface area contributed by atoms with Gasteiger partial charge in [0.1, 0.15) is 19.3 Å². The molecule has 378 valence electrons. The van der Waals surface area contributed by atoms with Crippen molar-refractivity contribution in [3.05, 3.63) is 18.2 Å². The monoisotopic (exact) mass is 954 g/mol. The van der Waals surface area contributed by atoms with Crippen LogP contribution in [-0.2, 0) is 68.6 Å². The number of aromatic amines is 1. The van der Waals surface area contributed by atoms with Gasteiger partial charge in [0.25, 0.3) is 0 Å². The molecule has 0 fully saturated rings. The van der Waals surface area contributed by atoms with Gasteiger partial charge >= 0.3 is 11.9 Å². The number of carbonyl (C=O) groups excluding carboxylic acids is 8. The first-order chi connectivity index (χ1) is 31.6. The fraction of sp³-hybridized carbons (Fsp3) is 0.698. The number of nitrogens with one attached hydrogen (secondary N) is 5. The Balaban J connectivity index is 2.49. The number of aliphatic hydroxyl groups excluding tert-OH is 1. The number of nitrogens with two attached hydrogens (primary N) is 2. The van der Waals surface area contributed by atoms with Gasteiger partial charge in [-0.3, -0.25) is 53.3 Å². The van der Waals surface area contributed by atoms with E-state index in [1.54, 1.807) is 20.0 Å². The number of amides is 4. The average Bonchev–Trinajstić information content (AvgIpc) is 3.77. The Morgan fingerprint density at radius 2 is 1.40 bits per heavy atom. The highest BCUT2D eigenvalue weighted by atomic mass is 16.5. The van der Waals surface area contributed by atoms with Crippen LogP contribution in [0.3, 0.4) is 0 Å². The molecule has 1 heterocycles. The summed E-state index contributed by atoms with van der Waals surface area (Å²) in [6, 6.07) is -3.34. The Labute approximate surface area is 389 Å². The molecule has 0 saturated heterocycles. The van der Waals surface area contributed by atoms with Gasteiger partial charge in [-0.25, -0.2) is 4.98 Å². The predicted octanol–water partition coefficient (Wildman–Crippen LogP) is -1.89. The van der Waals surface area contributed by atoms with Crippen LogP contribution in [0.15, 0.2) is 12.5 Å². The lowest BCUT2D eigenvalue weighted by Crippen LogP contribution is -2.56. The maximum absolute atomic E-state index is 13.3. The number of carboxylic acids is 2. The highest BCUT2D eigenvalue weighted by molar-refractivity contribution is 5.94. The molecular weight excluding hydrogens is 885 g/mol. The summed E-state index contributed by atoms with van der Waals surface area (Å²) < 4.78 is 15.3. The first-order valence-electron chi connectivity index (χ1n) is 22.0. The molecule has 24 heteroatoms. The van der Waals surface area contributed by atoms with Crippen LogP contribution in [-0.4, -0.2) is 168 Å². The summed E-state index contributed by atoms with van der Waals surface area (Å²) in [6.45, 7) is 3.91. The summed E-state index contributed by atoms with van der Waals surface area (Å²) in [4.78, 5) is 130. The van der Waals surface area contributed by atoms with Crippen molar-refractivity contribution < 1.29 is 77.5 Å². The van der Waals surface area contributed by atoms with Crippen LogP contribution in [0, 0.1) is 17.3 Å². The second-order valence-corrected chi connectivity index (χ2v) is 16.8. The maximum atomic E-state index is 13.3. The van der Waals surface area contributed by atoms with E-state index in [4.69, 9.17) is 25.7 Å². The minimum Gasteiger partial charge on any atom is -0.481 e. The minimum atomic E-state index is -1.41. The standard InChI is InChI=1S/C43H70N8O16/c1-26(52)38(39(45)59)51-40(60)33(49-22-35(56)43(2,3)20-34(55)32(44)19-29-21-46-25-50-29)7-5-6-12-47-36(57)10-8-28(42(63)64)18-31(54)24-67-16-15-66-14-13-48-37(58)11-9-27(41(61)62)17-30(53)23-65-4/h21,25-28,32-33,38,49,52H,5-20,22-24,44H2,1-4H3,(H2,45,59)(H,46,50)(H,47,57)(H,48,58)(H,51,60)(H,61,62)(H,63,64)/t26-,27-,28-,32+,33+,38+/m1/s1. The van der Waals surface area contributed by atoms with Crippen molar-refractivity contribution in [3.63, 3.8) is 0 Å². The molecule has 0 unspecified atom stereocenters. The summed E-state index contributed by atoms with van der Waals surface area (Å²) in [5.74, 6) is -8.82. The Morgan fingerprint density at radius 3 is 1.94 bits per heavy atom. The molecule has 24 nitrogen and oxygen atoms in total. The maximum Gasteiger partial charge on any atom is 0.306 e. The van der Waals surface area contributed by atoms with Gasteiger partial charge in [-0.2, -0.15) is 0 Å². The lowest BCUT2D eigenvalue weighted by Gasteiger charge is -2.27. The molecule has 0 bridgehead atoms. The zero-order valence-electron chi connectivity index (χ0n) is 38.8. The first-order valence-corrected chi connectivity index (χ1v) is 22.0. The molecule has 0 aliphatic rings. The van der Waals surface area contributed by atoms with Gasteiger partial charge in [0.05, 0.1) is 62.7 Å². The Hall–Kier alpha value is -5.53. The van der Waals surface area contributed by atoms with Crippen LogP contribution < -0.4 is 32.7 Å². The fourth-order valence-corrected chi connectivity index (χ4v) is 6.49. The van der Waals surface area contributed by atoms with Crippen LogP contribution in [0.2, 0.25) is 0 Å². The molecule has 0 aromatic carbocycles. The van der Waals surface area contributed by atoms with Gasteiger partial charge in [0, 0.05) is 76.0 Å². The van der Waals surface area contributed by atoms with Crippen molar-refractivity contribution in [1.29, 1.82) is 0 Å². The lowest BCUT2D eigenvalue weighted by molar-refractivity contribution is -0.145. The molecule has 4 amide bonds. The Kier molecular flexibility index (Phi) is 28.6. The van der Waals surface area contributed by atoms with E-state index in [-0.39, 0.29) is 115 Å². The third-order valence-electron chi connectivity index (χ3n) is 10.5. The second kappa shape index (κ2) is 32.2. The van der Waals surface area contributed by atoms with Gasteiger partial charge in [-0.05, 0) is 39.0 Å². The normalized spacial score (nSPS) is 14.1. The summed E-state index contributed by atoms with van der Waals surface area (Å²) in [6.07, 6.45) is 1.43. The van der Waals surface area contributed by atoms with Gasteiger partial charge in [-0.1, -0.05) is 13.8 Å². The van der Waals surface area contributed by atoms with E-state index in [1.807, 2.05) is 0 Å². The van der Waals surface area contributed by atoms with E-state index < -0.39 is 95.2 Å². The smallest absolute Gasteiger partial charge is 0.306 e. The van der Waals surface area contributed by atoms with E-state index in [0.717, 1.165) is 0 Å². The number of aromatic nitrogens is 2. The molecule has 1 aromatic rings. The summed E-state index contributed by atoms with van der Waals surface area (Å²) in [5.41, 5.74) is 10.9. The average molecular weight is 955 g/mol. The number of hydrogen-bond donors (Lipinski definition) is 10. The number of ketones is 4. The highest BCUT2D eigenvalue weighted by Crippen LogP contribution is 2.23. The molecule has 0 aliphatic carbocycles. The van der Waals surface area contributed by atoms with Crippen molar-refractivity contribution in [1.82, 2.24) is 31.2 Å². The number of carbonyl (C=O) groups is 10. The SMILES string of the molecule is COCC(=O)C[C@@H](CCC(=O)NCCOCCOCC(=O)C[C@@H](CCC(=O)NCCCC[C@H](NCC(=O)C(C)(C)CC(=O)[C@@H](N)Cc1cnc[nH]1)C(=O)N[C@H](C(N)=O)[C@@H](C)O)C(=O)O)C(=O)O. The number of ether oxygens (including phenoxy) is 3. The third-order valence-corrected chi connectivity index (χ3v) is 10.5. The van der Waals surface area contributed by atoms with Crippen LogP contribution in [0.4, 0.5) is 0 Å². The van der Waals surface area contributed by atoms with Gasteiger partial charge in [0.15, 0.2) is 23.1 Å². The molecule has 0 aliphatic heterocycles. The number of Topliss-reactive ketones (excluding diaryl/α,β-unsaturated/α-hetero) is 4. The summed E-state index contributed by atoms with van der Waals surface area (Å²) in [7, 11) is 1.32. The van der Waals surface area contributed by atoms with E-state index in [0.29, 0.717) is 18.5 Å². The van der Waals surface area contributed by atoms with E-state index in [2.05, 4.69) is 31.2 Å². The minimum absolute atomic E-state index is 0.00474. The lowest BCUT2D eigenvalue weighted by atomic mass is 9.81. The largest absolute Gasteiger partial charge is 0.481 e. The van der Waals surface area contributed by atoms with E-state index in [1.165, 1.54) is 20.4 Å². The first kappa shape index (κ1) is 59.5. The number of carboxylic acid groups (broad SMARTS) is 2. The molecule has 1 aromatic heterocycles. The zero-order valence-corrected chi connectivity index (χ0v) is 38.8. The number of H-pyrrole nitrogens is 1. The van der Waals surface area contributed by atoms with Crippen molar-refractivity contribution in [2.75, 3.05) is 59.8 Å². The number of unbranched alkanes of at least 4 members (excludes halogenated alkanes) is 1. The van der Waals surface area contributed by atoms with Crippen molar-refractivity contribution in [2.45, 2.75) is 116 Å². The van der Waals surface area contributed by atoms with Crippen molar-refractivity contribution >= 4 is 58.7 Å². The Morgan fingerprint density at radius 1 is 0.821 bits per heavy atom. The van der Waals surface area contributed by atoms with Crippen molar-refractivity contribution in [3.8, 4) is 0 Å².